The number of nitrogens with zero attached hydrogens (tertiary/aromatic N) is 4. The highest BCUT2D eigenvalue weighted by Gasteiger charge is 2.29. The largest absolute Gasteiger partial charge is 0.395 e. The van der Waals surface area contributed by atoms with E-state index in [1.54, 1.807) is 24.3 Å². The molecule has 0 atom stereocenters. The average molecular weight is 552 g/mol. The Balaban J connectivity index is 1.81. The van der Waals surface area contributed by atoms with E-state index in [2.05, 4.69) is 0 Å². The van der Waals surface area contributed by atoms with Crippen molar-refractivity contribution in [2.75, 3.05) is 19.8 Å². The number of aromatic nitrogens is 1. The van der Waals surface area contributed by atoms with E-state index in [-0.39, 0.29) is 24.6 Å². The van der Waals surface area contributed by atoms with Crippen molar-refractivity contribution in [1.29, 1.82) is 0 Å². The quantitative estimate of drug-likeness (QED) is 0.228. The smallest absolute Gasteiger partial charge is 0.270 e. The van der Waals surface area contributed by atoms with Gasteiger partial charge in [-0.25, -0.2) is 4.57 Å². The molecule has 10 heteroatoms. The van der Waals surface area contributed by atoms with Crippen LogP contribution in [0.1, 0.15) is 16.7 Å². The van der Waals surface area contributed by atoms with E-state index >= 15 is 0 Å². The van der Waals surface area contributed by atoms with Gasteiger partial charge in [-0.3, -0.25) is 20.2 Å². The van der Waals surface area contributed by atoms with Gasteiger partial charge in [0.25, 0.3) is 11.4 Å². The molecule has 0 radical (unpaired) electrons. The van der Waals surface area contributed by atoms with E-state index in [1.165, 1.54) is 24.3 Å². The summed E-state index contributed by atoms with van der Waals surface area (Å²) in [6.45, 7) is 0.845. The summed E-state index contributed by atoms with van der Waals surface area (Å²) in [6, 6.07) is 16.5. The number of benzene rings is 2. The van der Waals surface area contributed by atoms with Crippen molar-refractivity contribution in [3.05, 3.63) is 152 Å². The van der Waals surface area contributed by atoms with Crippen molar-refractivity contribution in [2.24, 2.45) is 0 Å². The van der Waals surface area contributed by atoms with Crippen molar-refractivity contribution in [1.82, 2.24) is 4.90 Å². The van der Waals surface area contributed by atoms with Gasteiger partial charge in [-0.05, 0) is 62.8 Å². The zero-order valence-electron chi connectivity index (χ0n) is 22.0. The molecule has 2 aromatic carbocycles. The second-order valence-electron chi connectivity index (χ2n) is 9.43. The fourth-order valence-corrected chi connectivity index (χ4v) is 4.97. The molecule has 2 heterocycles. The minimum Gasteiger partial charge on any atom is -0.395 e. The molecule has 0 fully saturated rings. The molecular weight excluding hydrogens is 524 g/mol. The zero-order valence-corrected chi connectivity index (χ0v) is 22.0. The minimum atomic E-state index is -0.447. The lowest BCUT2D eigenvalue weighted by atomic mass is 9.88. The van der Waals surface area contributed by atoms with Gasteiger partial charge < -0.3 is 15.1 Å². The lowest BCUT2D eigenvalue weighted by Gasteiger charge is -2.19. The maximum Gasteiger partial charge on any atom is 0.270 e. The highest BCUT2D eigenvalue weighted by molar-refractivity contribution is 6.24. The molecule has 0 amide bonds. The monoisotopic (exact) mass is 551 g/mol. The molecule has 41 heavy (non-hydrogen) atoms. The van der Waals surface area contributed by atoms with Gasteiger partial charge in [-0.1, -0.05) is 24.3 Å². The van der Waals surface area contributed by atoms with E-state index in [0.29, 0.717) is 35.4 Å². The van der Waals surface area contributed by atoms with E-state index in [4.69, 9.17) is 0 Å². The summed E-state index contributed by atoms with van der Waals surface area (Å²) in [5.41, 5.74) is 5.73. The molecule has 0 bridgehead atoms. The van der Waals surface area contributed by atoms with E-state index in [0.717, 1.165) is 22.3 Å². The molecule has 1 aliphatic carbocycles. The molecular formula is C31H27N4O6+. The molecule has 0 unspecified atom stereocenters. The molecule has 0 spiro atoms. The summed E-state index contributed by atoms with van der Waals surface area (Å²) in [4.78, 5) is 24.4. The highest BCUT2D eigenvalue weighted by Crippen LogP contribution is 2.49. The number of nitro groups is 2. The first-order valence-electron chi connectivity index (χ1n) is 12.9. The number of hydrogen-bond donors (Lipinski definition) is 2. The van der Waals surface area contributed by atoms with Crippen LogP contribution in [0.2, 0.25) is 0 Å². The maximum atomic E-state index is 11.7. The lowest BCUT2D eigenvalue weighted by molar-refractivity contribution is -0.698. The number of allylic oxidation sites excluding steroid dienone is 8. The second-order valence-corrected chi connectivity index (χ2v) is 9.43. The van der Waals surface area contributed by atoms with Gasteiger partial charge >= 0.3 is 0 Å². The zero-order chi connectivity index (χ0) is 28.9. The Morgan fingerprint density at radius 3 is 1.88 bits per heavy atom. The number of rotatable bonds is 9. The van der Waals surface area contributed by atoms with E-state index in [1.807, 2.05) is 64.6 Å². The normalized spacial score (nSPS) is 14.6. The van der Waals surface area contributed by atoms with Gasteiger partial charge in [0.05, 0.1) is 16.5 Å². The Morgan fingerprint density at radius 1 is 0.756 bits per heavy atom. The van der Waals surface area contributed by atoms with Crippen molar-refractivity contribution < 1.29 is 24.6 Å². The first kappa shape index (κ1) is 27.4. The van der Waals surface area contributed by atoms with Crippen LogP contribution in [0.5, 0.6) is 0 Å². The van der Waals surface area contributed by atoms with E-state index < -0.39 is 9.85 Å². The van der Waals surface area contributed by atoms with E-state index in [9.17, 15) is 30.4 Å². The number of non-ortho nitro benzene ring substituents is 2. The van der Waals surface area contributed by atoms with Crippen molar-refractivity contribution in [3.8, 4) is 0 Å². The van der Waals surface area contributed by atoms with Gasteiger partial charge in [0.2, 0.25) is 0 Å². The summed E-state index contributed by atoms with van der Waals surface area (Å²) in [5, 5.41) is 42.1. The number of aliphatic hydroxyl groups is 2. The third-order valence-corrected chi connectivity index (χ3v) is 6.89. The molecule has 5 rings (SSSR count). The SMILES string of the molecule is O=[N+]([O-])c1cccc(C2=C(c3cccc([N+](=O)[O-])c3)C(=C3C=CN(CCO)C=C3)C=C2c2cc[n+](CCO)cc2)c1. The summed E-state index contributed by atoms with van der Waals surface area (Å²) in [6.07, 6.45) is 13.2. The molecule has 3 aromatic rings. The number of hydrogen-bond acceptors (Lipinski definition) is 7. The van der Waals surface area contributed by atoms with Gasteiger partial charge in [0, 0.05) is 55.3 Å². The fourth-order valence-electron chi connectivity index (χ4n) is 4.97. The molecule has 10 nitrogen and oxygen atoms in total. The minimum absolute atomic E-state index is 0.00923. The maximum absolute atomic E-state index is 11.7. The Morgan fingerprint density at radius 2 is 1.34 bits per heavy atom. The number of β-amino-alcohol motifs (C(OH)–C–C–N with tert-alkyl or cyclic N) is 1. The van der Waals surface area contributed by atoms with Gasteiger partial charge in [-0.15, -0.1) is 0 Å². The number of nitro benzene ring substituents is 2. The molecule has 0 saturated carbocycles. The average Bonchev–Trinajstić information content (AvgIpc) is 3.39. The molecule has 2 N–H and O–H groups in total. The van der Waals surface area contributed by atoms with Crippen LogP contribution in [-0.2, 0) is 6.54 Å². The molecule has 1 aliphatic heterocycles. The Hall–Kier alpha value is -5.19. The van der Waals surface area contributed by atoms with Crippen molar-refractivity contribution in [3.63, 3.8) is 0 Å². The van der Waals surface area contributed by atoms with Crippen molar-refractivity contribution in [2.45, 2.75) is 6.54 Å². The van der Waals surface area contributed by atoms with Crippen LogP contribution in [0.4, 0.5) is 11.4 Å². The number of pyridine rings is 1. The van der Waals surface area contributed by atoms with Crippen LogP contribution in [0.25, 0.3) is 16.7 Å². The number of aliphatic hydroxyl groups excluding tert-OH is 2. The first-order valence-corrected chi connectivity index (χ1v) is 12.9. The summed E-state index contributed by atoms with van der Waals surface area (Å²) in [5.74, 6) is 0. The topological polar surface area (TPSA) is 134 Å². The predicted octanol–water partition coefficient (Wildman–Crippen LogP) is 4.42. The molecule has 206 valence electrons. The van der Waals surface area contributed by atoms with Gasteiger partial charge in [0.15, 0.2) is 18.9 Å². The summed E-state index contributed by atoms with van der Waals surface area (Å²) >= 11 is 0. The van der Waals surface area contributed by atoms with Crippen LogP contribution in [0.15, 0.2) is 115 Å². The second kappa shape index (κ2) is 11.9. The molecule has 0 saturated heterocycles. The van der Waals surface area contributed by atoms with Gasteiger partial charge in [-0.2, -0.15) is 0 Å². The van der Waals surface area contributed by atoms with Crippen LogP contribution in [-0.4, -0.2) is 44.7 Å². The first-order chi connectivity index (χ1) is 19.9. The summed E-state index contributed by atoms with van der Waals surface area (Å²) < 4.78 is 1.85. The standard InChI is InChI=1S/C31H27N4O6/c36-17-15-32-11-7-22(8-12-32)28-21-29(23-9-13-33(14-10-23)16-18-37)31(25-4-2-6-27(20-25)35(40)41)30(28)24-3-1-5-26(19-24)34(38)39/h1-14,19-21,36-37H,15-18H2/q+1. The highest BCUT2D eigenvalue weighted by atomic mass is 16.6. The van der Waals surface area contributed by atoms with Crippen LogP contribution >= 0.6 is 0 Å². The molecule has 2 aliphatic rings. The van der Waals surface area contributed by atoms with Crippen LogP contribution in [0, 0.1) is 20.2 Å². The third-order valence-electron chi connectivity index (χ3n) is 6.89. The van der Waals surface area contributed by atoms with Crippen LogP contribution in [0.3, 0.4) is 0 Å². The van der Waals surface area contributed by atoms with Gasteiger partial charge in [0.1, 0.15) is 6.61 Å². The Labute approximate surface area is 235 Å². The molecule has 1 aromatic heterocycles. The fraction of sp³-hybridized carbons (Fsp3) is 0.129. The summed E-state index contributed by atoms with van der Waals surface area (Å²) in [7, 11) is 0. The Kier molecular flexibility index (Phi) is 7.95. The van der Waals surface area contributed by atoms with Crippen LogP contribution < -0.4 is 4.57 Å². The Bertz CT molecular complexity index is 1650. The lowest BCUT2D eigenvalue weighted by Crippen LogP contribution is -2.34. The van der Waals surface area contributed by atoms with Crippen molar-refractivity contribution >= 4 is 28.1 Å². The predicted molar refractivity (Wildman–Crippen MR) is 154 cm³/mol. The third kappa shape index (κ3) is 5.74.